The molecule has 1 aromatic heterocycles. The van der Waals surface area contributed by atoms with Crippen LogP contribution in [0.2, 0.25) is 0 Å². The van der Waals surface area contributed by atoms with E-state index in [4.69, 9.17) is 4.74 Å². The molecule has 0 radical (unpaired) electrons. The van der Waals surface area contributed by atoms with E-state index in [1.165, 1.54) is 11.3 Å². The molecule has 1 aromatic rings. The molecule has 30 heavy (non-hydrogen) atoms. The Balaban J connectivity index is 0.00000320. The normalized spacial score (nSPS) is 18.3. The summed E-state index contributed by atoms with van der Waals surface area (Å²) >= 11 is 0. The number of halogens is 1. The fourth-order valence-corrected chi connectivity index (χ4v) is 4.47. The first-order chi connectivity index (χ1) is 14.1. The molecule has 2 aliphatic rings. The molecular formula is C21H37IN6O2. The van der Waals surface area contributed by atoms with Crippen molar-refractivity contribution < 1.29 is 9.53 Å². The number of aryl methyl sites for hydroxylation is 2. The molecule has 3 rings (SSSR count). The lowest BCUT2D eigenvalue weighted by Gasteiger charge is -2.36. The van der Waals surface area contributed by atoms with Crippen molar-refractivity contribution in [3.63, 3.8) is 0 Å². The van der Waals surface area contributed by atoms with E-state index in [0.717, 1.165) is 70.1 Å². The molecule has 0 bridgehead atoms. The van der Waals surface area contributed by atoms with Crippen LogP contribution < -0.4 is 5.32 Å². The SMILES string of the molecule is CCc1nn(C)c(CC)c1CNC(=NC)N1CCC(C(=O)N2CCOCC2)CC1.I. The molecule has 2 aliphatic heterocycles. The number of nitrogens with one attached hydrogen (secondary N) is 1. The van der Waals surface area contributed by atoms with Gasteiger partial charge in [0.2, 0.25) is 5.91 Å². The molecule has 1 N–H and O–H groups in total. The summed E-state index contributed by atoms with van der Waals surface area (Å²) in [4.78, 5) is 21.5. The summed E-state index contributed by atoms with van der Waals surface area (Å²) in [6, 6.07) is 0. The fourth-order valence-electron chi connectivity index (χ4n) is 4.47. The van der Waals surface area contributed by atoms with Crippen LogP contribution in [0.25, 0.3) is 0 Å². The Bertz CT molecular complexity index is 721. The van der Waals surface area contributed by atoms with Crippen molar-refractivity contribution in [2.45, 2.75) is 46.1 Å². The lowest BCUT2D eigenvalue weighted by molar-refractivity contribution is -0.140. The summed E-state index contributed by atoms with van der Waals surface area (Å²) in [5.41, 5.74) is 3.72. The lowest BCUT2D eigenvalue weighted by Crippen LogP contribution is -2.49. The summed E-state index contributed by atoms with van der Waals surface area (Å²) < 4.78 is 7.37. The molecule has 0 unspecified atom stereocenters. The summed E-state index contributed by atoms with van der Waals surface area (Å²) in [5, 5.41) is 8.20. The van der Waals surface area contributed by atoms with Crippen LogP contribution in [0, 0.1) is 5.92 Å². The molecular weight excluding hydrogens is 495 g/mol. The van der Waals surface area contributed by atoms with Gasteiger partial charge in [0.25, 0.3) is 0 Å². The number of nitrogens with zero attached hydrogens (tertiary/aromatic N) is 5. The third-order valence-electron chi connectivity index (χ3n) is 6.13. The number of aliphatic imine (C=N–C) groups is 1. The van der Waals surface area contributed by atoms with Gasteiger partial charge in [-0.15, -0.1) is 24.0 Å². The average molecular weight is 532 g/mol. The Morgan fingerprint density at radius 2 is 1.80 bits per heavy atom. The maximum atomic E-state index is 12.8. The van der Waals surface area contributed by atoms with E-state index in [1.807, 2.05) is 23.7 Å². The third-order valence-corrected chi connectivity index (χ3v) is 6.13. The van der Waals surface area contributed by atoms with E-state index < -0.39 is 0 Å². The van der Waals surface area contributed by atoms with Crippen LogP contribution in [0.15, 0.2) is 4.99 Å². The minimum absolute atomic E-state index is 0. The van der Waals surface area contributed by atoms with Gasteiger partial charge in [-0.2, -0.15) is 5.10 Å². The number of guanidine groups is 1. The van der Waals surface area contributed by atoms with E-state index >= 15 is 0 Å². The maximum Gasteiger partial charge on any atom is 0.225 e. The summed E-state index contributed by atoms with van der Waals surface area (Å²) in [6.07, 6.45) is 3.65. The molecule has 0 spiro atoms. The molecule has 1 amide bonds. The highest BCUT2D eigenvalue weighted by Crippen LogP contribution is 2.21. The van der Waals surface area contributed by atoms with Gasteiger partial charge in [0, 0.05) is 64.0 Å². The average Bonchev–Trinajstić information content (AvgIpc) is 3.09. The number of ether oxygens (including phenoxy) is 1. The second-order valence-electron chi connectivity index (χ2n) is 7.80. The van der Waals surface area contributed by atoms with Gasteiger partial charge in [0.15, 0.2) is 5.96 Å². The molecule has 3 heterocycles. The standard InChI is InChI=1S/C21H36N6O2.HI/c1-5-18-17(19(6-2)25(4)24-18)15-23-21(22-3)27-9-7-16(8-10-27)20(28)26-11-13-29-14-12-26;/h16H,5-15H2,1-4H3,(H,22,23);1H. The van der Waals surface area contributed by atoms with Gasteiger partial charge in [0.1, 0.15) is 0 Å². The van der Waals surface area contributed by atoms with Crippen molar-refractivity contribution in [3.05, 3.63) is 17.0 Å². The quantitative estimate of drug-likeness (QED) is 0.356. The van der Waals surface area contributed by atoms with E-state index in [1.54, 1.807) is 0 Å². The Morgan fingerprint density at radius 1 is 1.13 bits per heavy atom. The highest BCUT2D eigenvalue weighted by molar-refractivity contribution is 14.0. The first-order valence-electron chi connectivity index (χ1n) is 10.9. The highest BCUT2D eigenvalue weighted by atomic mass is 127. The smallest absolute Gasteiger partial charge is 0.225 e. The van der Waals surface area contributed by atoms with Crippen LogP contribution in [0.1, 0.15) is 43.6 Å². The Labute approximate surface area is 197 Å². The first-order valence-corrected chi connectivity index (χ1v) is 10.9. The van der Waals surface area contributed by atoms with Gasteiger partial charge >= 0.3 is 0 Å². The molecule has 170 valence electrons. The van der Waals surface area contributed by atoms with Crippen molar-refractivity contribution in [3.8, 4) is 0 Å². The fraction of sp³-hybridized carbons (Fsp3) is 0.762. The number of hydrogen-bond acceptors (Lipinski definition) is 4. The molecule has 0 saturated carbocycles. The number of piperidine rings is 1. The van der Waals surface area contributed by atoms with Crippen molar-refractivity contribution in [1.29, 1.82) is 0 Å². The molecule has 2 saturated heterocycles. The summed E-state index contributed by atoms with van der Waals surface area (Å²) in [5.74, 6) is 1.33. The number of amides is 1. The first kappa shape index (κ1) is 24.9. The van der Waals surface area contributed by atoms with Crippen LogP contribution >= 0.6 is 24.0 Å². The van der Waals surface area contributed by atoms with Gasteiger partial charge in [0.05, 0.1) is 18.9 Å². The maximum absolute atomic E-state index is 12.8. The predicted octanol–water partition coefficient (Wildman–Crippen LogP) is 1.81. The molecule has 0 atom stereocenters. The zero-order chi connectivity index (χ0) is 20.8. The minimum atomic E-state index is 0. The predicted molar refractivity (Wildman–Crippen MR) is 129 cm³/mol. The van der Waals surface area contributed by atoms with Crippen molar-refractivity contribution in [2.75, 3.05) is 46.4 Å². The lowest BCUT2D eigenvalue weighted by atomic mass is 9.95. The molecule has 9 heteroatoms. The minimum Gasteiger partial charge on any atom is -0.378 e. The van der Waals surface area contributed by atoms with Gasteiger partial charge < -0.3 is 19.9 Å². The number of hydrogen-bond donors (Lipinski definition) is 1. The number of carbonyl (C=O) groups excluding carboxylic acids is 1. The second-order valence-corrected chi connectivity index (χ2v) is 7.80. The van der Waals surface area contributed by atoms with Crippen LogP contribution in [0.4, 0.5) is 0 Å². The second kappa shape index (κ2) is 11.9. The van der Waals surface area contributed by atoms with Crippen LogP contribution in [-0.2, 0) is 36.0 Å². The number of morpholine rings is 1. The molecule has 0 aliphatic carbocycles. The van der Waals surface area contributed by atoms with Gasteiger partial charge in [-0.05, 0) is 25.7 Å². The summed E-state index contributed by atoms with van der Waals surface area (Å²) in [7, 11) is 3.85. The van der Waals surface area contributed by atoms with Crippen molar-refractivity contribution >= 4 is 35.8 Å². The zero-order valence-corrected chi connectivity index (χ0v) is 21.1. The largest absolute Gasteiger partial charge is 0.378 e. The Hall–Kier alpha value is -1.36. The third kappa shape index (κ3) is 5.66. The molecule has 2 fully saturated rings. The Morgan fingerprint density at radius 3 is 2.37 bits per heavy atom. The summed E-state index contributed by atoms with van der Waals surface area (Å²) in [6.45, 7) is 9.55. The van der Waals surface area contributed by atoms with E-state index in [-0.39, 0.29) is 29.9 Å². The highest BCUT2D eigenvalue weighted by Gasteiger charge is 2.30. The number of rotatable bonds is 5. The zero-order valence-electron chi connectivity index (χ0n) is 18.8. The van der Waals surface area contributed by atoms with Crippen LogP contribution in [0.3, 0.4) is 0 Å². The van der Waals surface area contributed by atoms with E-state index in [0.29, 0.717) is 19.1 Å². The van der Waals surface area contributed by atoms with Crippen LogP contribution in [-0.4, -0.2) is 77.9 Å². The topological polar surface area (TPSA) is 75.0 Å². The van der Waals surface area contributed by atoms with Crippen molar-refractivity contribution in [1.82, 2.24) is 24.9 Å². The number of likely N-dealkylation sites (tertiary alicyclic amines) is 1. The number of aromatic nitrogens is 2. The van der Waals surface area contributed by atoms with Gasteiger partial charge in [-0.25, -0.2) is 0 Å². The van der Waals surface area contributed by atoms with E-state index in [2.05, 4.69) is 34.2 Å². The van der Waals surface area contributed by atoms with Crippen LogP contribution in [0.5, 0.6) is 0 Å². The van der Waals surface area contributed by atoms with E-state index in [9.17, 15) is 4.79 Å². The van der Waals surface area contributed by atoms with Gasteiger partial charge in [-0.3, -0.25) is 14.5 Å². The Kier molecular flexibility index (Phi) is 9.86. The monoisotopic (exact) mass is 532 g/mol. The molecule has 8 nitrogen and oxygen atoms in total. The van der Waals surface area contributed by atoms with Crippen molar-refractivity contribution in [2.24, 2.45) is 18.0 Å². The number of carbonyl (C=O) groups is 1. The van der Waals surface area contributed by atoms with Gasteiger partial charge in [-0.1, -0.05) is 13.8 Å². The molecule has 0 aromatic carbocycles.